The van der Waals surface area contributed by atoms with Crippen LogP contribution >= 0.6 is 11.8 Å². The molecule has 0 radical (unpaired) electrons. The molecule has 1 aromatic carbocycles. The maximum Gasteiger partial charge on any atom is 0.242 e. The van der Waals surface area contributed by atoms with Crippen molar-refractivity contribution >= 4 is 28.5 Å². The summed E-state index contributed by atoms with van der Waals surface area (Å²) in [5, 5.41) is 3.20. The van der Waals surface area contributed by atoms with Crippen molar-refractivity contribution in [2.75, 3.05) is 13.2 Å². The van der Waals surface area contributed by atoms with Gasteiger partial charge in [0.1, 0.15) is 16.3 Å². The molecule has 0 spiro atoms. The molecule has 2 heterocycles. The van der Waals surface area contributed by atoms with Gasteiger partial charge in [-0.15, -0.1) is 0 Å². The average Bonchev–Trinajstić information content (AvgIpc) is 3.03. The van der Waals surface area contributed by atoms with Gasteiger partial charge in [-0.25, -0.2) is 9.38 Å². The maximum absolute atomic E-state index is 13.6. The third-order valence-corrected chi connectivity index (χ3v) is 5.09. The number of amides is 1. The van der Waals surface area contributed by atoms with Crippen molar-refractivity contribution in [3.05, 3.63) is 30.1 Å². The van der Waals surface area contributed by atoms with E-state index in [2.05, 4.69) is 10.3 Å². The van der Waals surface area contributed by atoms with Crippen molar-refractivity contribution in [3.8, 4) is 0 Å². The number of carbonyl (C=O) groups is 1. The summed E-state index contributed by atoms with van der Waals surface area (Å²) in [5.74, 6) is -0.304. The lowest BCUT2D eigenvalue weighted by molar-refractivity contribution is -0.122. The number of nitrogens with one attached hydrogen (secondary N) is 1. The second-order valence-electron chi connectivity index (χ2n) is 5.09. The maximum atomic E-state index is 13.6. The first-order valence-electron chi connectivity index (χ1n) is 6.51. The van der Waals surface area contributed by atoms with Crippen molar-refractivity contribution in [2.45, 2.75) is 18.1 Å². The van der Waals surface area contributed by atoms with E-state index in [4.69, 9.17) is 4.74 Å². The van der Waals surface area contributed by atoms with Gasteiger partial charge in [0.15, 0.2) is 5.17 Å². The number of nitrogens with zero attached hydrogens (tertiary/aromatic N) is 1. The molecule has 3 rings (SSSR count). The first-order chi connectivity index (χ1) is 9.59. The quantitative estimate of drug-likeness (QED) is 0.911. The Hall–Kier alpha value is -1.40. The SMILES string of the molecule is CC1([C@@H]2CCOC2)SC(=Nc2ccccc2F)NC1=O. The molecule has 1 unspecified atom stereocenters. The third kappa shape index (κ3) is 2.33. The zero-order valence-electron chi connectivity index (χ0n) is 11.1. The van der Waals surface area contributed by atoms with Crippen LogP contribution in [0.1, 0.15) is 13.3 Å². The van der Waals surface area contributed by atoms with E-state index in [-0.39, 0.29) is 17.5 Å². The molecule has 6 heteroatoms. The molecule has 2 aliphatic heterocycles. The average molecular weight is 294 g/mol. The van der Waals surface area contributed by atoms with Crippen LogP contribution in [0.4, 0.5) is 10.1 Å². The largest absolute Gasteiger partial charge is 0.381 e. The molecule has 2 saturated heterocycles. The van der Waals surface area contributed by atoms with Gasteiger partial charge in [0.05, 0.1) is 6.61 Å². The second kappa shape index (κ2) is 5.18. The van der Waals surface area contributed by atoms with E-state index in [0.717, 1.165) is 6.42 Å². The summed E-state index contributed by atoms with van der Waals surface area (Å²) in [6.07, 6.45) is 0.865. The molecule has 0 saturated carbocycles. The summed E-state index contributed by atoms with van der Waals surface area (Å²) in [5.41, 5.74) is 0.238. The van der Waals surface area contributed by atoms with Gasteiger partial charge in [0.2, 0.25) is 5.91 Å². The van der Waals surface area contributed by atoms with Gasteiger partial charge in [-0.2, -0.15) is 0 Å². The number of aliphatic imine (C=N–C) groups is 1. The number of rotatable bonds is 2. The fourth-order valence-corrected chi connectivity index (χ4v) is 3.62. The van der Waals surface area contributed by atoms with Crippen LogP contribution in [0.5, 0.6) is 0 Å². The number of hydrogen-bond donors (Lipinski definition) is 1. The molecular weight excluding hydrogens is 279 g/mol. The molecule has 2 aliphatic rings. The Balaban J connectivity index is 1.84. The van der Waals surface area contributed by atoms with Crippen molar-refractivity contribution in [2.24, 2.45) is 10.9 Å². The van der Waals surface area contributed by atoms with E-state index >= 15 is 0 Å². The number of benzene rings is 1. The highest BCUT2D eigenvalue weighted by Gasteiger charge is 2.49. The van der Waals surface area contributed by atoms with Crippen molar-refractivity contribution in [3.63, 3.8) is 0 Å². The fourth-order valence-electron chi connectivity index (χ4n) is 2.43. The molecule has 1 aromatic rings. The highest BCUT2D eigenvalue weighted by molar-refractivity contribution is 8.16. The van der Waals surface area contributed by atoms with E-state index in [1.165, 1.54) is 17.8 Å². The molecule has 4 nitrogen and oxygen atoms in total. The van der Waals surface area contributed by atoms with Crippen molar-refractivity contribution in [1.29, 1.82) is 0 Å². The highest BCUT2D eigenvalue weighted by atomic mass is 32.2. The summed E-state index contributed by atoms with van der Waals surface area (Å²) in [7, 11) is 0. The number of thioether (sulfide) groups is 1. The Labute approximate surface area is 120 Å². The minimum absolute atomic E-state index is 0.0758. The van der Waals surface area contributed by atoms with Gasteiger partial charge in [0.25, 0.3) is 0 Å². The number of halogens is 1. The first kappa shape index (κ1) is 13.6. The van der Waals surface area contributed by atoms with Crippen molar-refractivity contribution < 1.29 is 13.9 Å². The lowest BCUT2D eigenvalue weighted by Crippen LogP contribution is -2.40. The molecule has 0 aliphatic carbocycles. The Morgan fingerprint density at radius 1 is 1.50 bits per heavy atom. The predicted molar refractivity (Wildman–Crippen MR) is 76.6 cm³/mol. The molecule has 1 N–H and O–H groups in total. The monoisotopic (exact) mass is 294 g/mol. The van der Waals surface area contributed by atoms with Crippen LogP contribution in [0.2, 0.25) is 0 Å². The molecule has 20 heavy (non-hydrogen) atoms. The third-order valence-electron chi connectivity index (χ3n) is 3.76. The van der Waals surface area contributed by atoms with E-state index in [1.54, 1.807) is 18.2 Å². The first-order valence-corrected chi connectivity index (χ1v) is 7.32. The number of ether oxygens (including phenoxy) is 1. The topological polar surface area (TPSA) is 50.7 Å². The second-order valence-corrected chi connectivity index (χ2v) is 6.53. The van der Waals surface area contributed by atoms with Gasteiger partial charge in [-0.05, 0) is 25.5 Å². The Kier molecular flexibility index (Phi) is 3.52. The summed E-state index contributed by atoms with van der Waals surface area (Å²) < 4.78 is 18.4. The van der Waals surface area contributed by atoms with Crippen LogP contribution in [-0.2, 0) is 9.53 Å². The van der Waals surface area contributed by atoms with Gasteiger partial charge >= 0.3 is 0 Å². The van der Waals surface area contributed by atoms with Crippen molar-refractivity contribution in [1.82, 2.24) is 5.32 Å². The van der Waals surface area contributed by atoms with Crippen LogP contribution in [0.25, 0.3) is 0 Å². The summed E-state index contributed by atoms with van der Waals surface area (Å²) in [6.45, 7) is 3.17. The number of carbonyl (C=O) groups excluding carboxylic acids is 1. The number of hydrogen-bond acceptors (Lipinski definition) is 4. The van der Waals surface area contributed by atoms with Gasteiger partial charge in [-0.1, -0.05) is 23.9 Å². The van der Waals surface area contributed by atoms with Crippen LogP contribution < -0.4 is 5.32 Å². The summed E-state index contributed by atoms with van der Waals surface area (Å²) in [6, 6.07) is 6.27. The van der Waals surface area contributed by atoms with Gasteiger partial charge in [-0.3, -0.25) is 4.79 Å². The Morgan fingerprint density at radius 2 is 2.30 bits per heavy atom. The fraction of sp³-hybridized carbons (Fsp3) is 0.429. The van der Waals surface area contributed by atoms with Crippen LogP contribution in [-0.4, -0.2) is 29.0 Å². The van der Waals surface area contributed by atoms with Crippen LogP contribution in [0.15, 0.2) is 29.3 Å². The summed E-state index contributed by atoms with van der Waals surface area (Å²) in [4.78, 5) is 16.4. The normalized spacial score (nSPS) is 31.8. The van der Waals surface area contributed by atoms with Gasteiger partial charge in [0, 0.05) is 12.5 Å². The van der Waals surface area contributed by atoms with E-state index in [1.807, 2.05) is 6.92 Å². The van der Waals surface area contributed by atoms with Crippen LogP contribution in [0, 0.1) is 11.7 Å². The lowest BCUT2D eigenvalue weighted by Gasteiger charge is -2.24. The minimum atomic E-state index is -0.583. The Bertz CT molecular complexity index is 572. The summed E-state index contributed by atoms with van der Waals surface area (Å²) >= 11 is 1.36. The zero-order valence-corrected chi connectivity index (χ0v) is 11.9. The molecular formula is C14H15FN2O2S. The molecule has 106 valence electrons. The highest BCUT2D eigenvalue weighted by Crippen LogP contribution is 2.42. The predicted octanol–water partition coefficient (Wildman–Crippen LogP) is 2.47. The molecule has 0 aromatic heterocycles. The van der Waals surface area contributed by atoms with E-state index in [0.29, 0.717) is 18.4 Å². The number of para-hydroxylation sites is 1. The molecule has 0 bridgehead atoms. The standard InChI is InChI=1S/C14H15FN2O2S/c1-14(9-6-7-19-8-9)12(18)17-13(20-14)16-11-5-3-2-4-10(11)15/h2-5,9H,6-8H2,1H3,(H,16,17,18)/t9-,14?/m1/s1. The Morgan fingerprint density at radius 3 is 3.00 bits per heavy atom. The minimum Gasteiger partial charge on any atom is -0.381 e. The zero-order chi connectivity index (χ0) is 14.2. The smallest absolute Gasteiger partial charge is 0.242 e. The van der Waals surface area contributed by atoms with Gasteiger partial charge < -0.3 is 10.1 Å². The molecule has 2 fully saturated rings. The molecule has 2 atom stereocenters. The van der Waals surface area contributed by atoms with E-state index < -0.39 is 10.6 Å². The molecule has 1 amide bonds. The lowest BCUT2D eigenvalue weighted by atomic mass is 9.92. The number of amidine groups is 1. The van der Waals surface area contributed by atoms with Crippen LogP contribution in [0.3, 0.4) is 0 Å². The van der Waals surface area contributed by atoms with E-state index in [9.17, 15) is 9.18 Å².